The highest BCUT2D eigenvalue weighted by Crippen LogP contribution is 2.23. The van der Waals surface area contributed by atoms with Crippen LogP contribution in [0.25, 0.3) is 0 Å². The minimum absolute atomic E-state index is 0.0785. The number of anilines is 2. The second kappa shape index (κ2) is 7.08. The van der Waals surface area contributed by atoms with Crippen molar-refractivity contribution in [2.24, 2.45) is 0 Å². The molecule has 0 atom stereocenters. The van der Waals surface area contributed by atoms with E-state index in [0.29, 0.717) is 6.54 Å². The third-order valence-corrected chi connectivity index (χ3v) is 3.84. The van der Waals surface area contributed by atoms with Gasteiger partial charge in [-0.25, -0.2) is 9.18 Å². The van der Waals surface area contributed by atoms with Gasteiger partial charge in [0.1, 0.15) is 5.82 Å². The molecule has 0 amide bonds. The molecule has 0 saturated carbocycles. The number of nitrogens with two attached hydrogens (primary N) is 1. The van der Waals surface area contributed by atoms with E-state index in [4.69, 9.17) is 10.5 Å². The Morgan fingerprint density at radius 3 is 2.95 bits per heavy atom. The molecule has 1 aromatic heterocycles. The lowest BCUT2D eigenvalue weighted by Crippen LogP contribution is -2.11. The molecule has 0 aliphatic heterocycles. The third-order valence-electron chi connectivity index (χ3n) is 2.90. The first-order valence-electron chi connectivity index (χ1n) is 6.64. The number of hydrogen-bond acceptors (Lipinski definition) is 5. The Kier molecular flexibility index (Phi) is 5.16. The standard InChI is InChI=1S/C15H17FN2O2S/c1-2-20-15(19)11-8-14(12(16)9-13(11)17)18-6-5-10-4-3-7-21-10/h3-4,7-9,18H,2,5-6,17H2,1H3. The fourth-order valence-corrected chi connectivity index (χ4v) is 2.59. The molecule has 0 saturated heterocycles. The largest absolute Gasteiger partial charge is 0.462 e. The summed E-state index contributed by atoms with van der Waals surface area (Å²) in [6, 6.07) is 6.54. The molecule has 1 aromatic carbocycles. The van der Waals surface area contributed by atoms with E-state index < -0.39 is 11.8 Å². The zero-order chi connectivity index (χ0) is 15.2. The molecule has 0 radical (unpaired) electrons. The van der Waals surface area contributed by atoms with Crippen LogP contribution >= 0.6 is 11.3 Å². The van der Waals surface area contributed by atoms with Crippen LogP contribution in [0.5, 0.6) is 0 Å². The van der Waals surface area contributed by atoms with Gasteiger partial charge in [0.15, 0.2) is 0 Å². The minimum atomic E-state index is -0.545. The number of halogens is 1. The van der Waals surface area contributed by atoms with E-state index >= 15 is 0 Å². The Hall–Kier alpha value is -2.08. The molecular formula is C15H17FN2O2S. The summed E-state index contributed by atoms with van der Waals surface area (Å²) >= 11 is 1.65. The van der Waals surface area contributed by atoms with Gasteiger partial charge in [0.2, 0.25) is 0 Å². The molecular weight excluding hydrogens is 291 g/mol. The molecule has 0 aliphatic rings. The van der Waals surface area contributed by atoms with E-state index in [1.54, 1.807) is 18.3 Å². The fraction of sp³-hybridized carbons (Fsp3) is 0.267. The molecule has 4 nitrogen and oxygen atoms in total. The van der Waals surface area contributed by atoms with Crippen molar-refractivity contribution >= 4 is 28.7 Å². The molecule has 21 heavy (non-hydrogen) atoms. The molecule has 0 unspecified atom stereocenters. The average molecular weight is 308 g/mol. The van der Waals surface area contributed by atoms with Crippen molar-refractivity contribution in [2.45, 2.75) is 13.3 Å². The summed E-state index contributed by atoms with van der Waals surface area (Å²) in [7, 11) is 0. The lowest BCUT2D eigenvalue weighted by Gasteiger charge is -2.11. The second-order valence-electron chi connectivity index (χ2n) is 4.40. The molecule has 0 fully saturated rings. The third kappa shape index (κ3) is 3.95. The number of hydrogen-bond donors (Lipinski definition) is 2. The smallest absolute Gasteiger partial charge is 0.340 e. The zero-order valence-electron chi connectivity index (χ0n) is 11.7. The quantitative estimate of drug-likeness (QED) is 0.635. The highest BCUT2D eigenvalue weighted by atomic mass is 32.1. The Bertz CT molecular complexity index is 614. The van der Waals surface area contributed by atoms with Crippen molar-refractivity contribution in [3.8, 4) is 0 Å². The maximum atomic E-state index is 13.9. The van der Waals surface area contributed by atoms with E-state index in [0.717, 1.165) is 12.5 Å². The number of carbonyl (C=O) groups is 1. The molecule has 0 aliphatic carbocycles. The maximum Gasteiger partial charge on any atom is 0.340 e. The minimum Gasteiger partial charge on any atom is -0.462 e. The van der Waals surface area contributed by atoms with E-state index in [1.165, 1.54) is 10.9 Å². The summed E-state index contributed by atoms with van der Waals surface area (Å²) in [5.74, 6) is -1.02. The van der Waals surface area contributed by atoms with Crippen LogP contribution in [0.2, 0.25) is 0 Å². The maximum absolute atomic E-state index is 13.9. The van der Waals surface area contributed by atoms with Gasteiger partial charge >= 0.3 is 5.97 Å². The van der Waals surface area contributed by atoms with Gasteiger partial charge < -0.3 is 15.8 Å². The summed E-state index contributed by atoms with van der Waals surface area (Å²) in [5.41, 5.74) is 6.17. The van der Waals surface area contributed by atoms with E-state index in [9.17, 15) is 9.18 Å². The van der Waals surface area contributed by atoms with Gasteiger partial charge in [0.05, 0.1) is 17.9 Å². The van der Waals surface area contributed by atoms with Crippen molar-refractivity contribution < 1.29 is 13.9 Å². The molecule has 6 heteroatoms. The SMILES string of the molecule is CCOC(=O)c1cc(NCCc2cccs2)c(F)cc1N. The monoisotopic (exact) mass is 308 g/mol. The van der Waals surface area contributed by atoms with Crippen LogP contribution in [-0.2, 0) is 11.2 Å². The number of nitrogens with one attached hydrogen (secondary N) is 1. The fourth-order valence-electron chi connectivity index (χ4n) is 1.88. The molecule has 1 heterocycles. The van der Waals surface area contributed by atoms with Crippen molar-refractivity contribution in [1.29, 1.82) is 0 Å². The van der Waals surface area contributed by atoms with Gasteiger partial charge in [0, 0.05) is 17.1 Å². The number of nitrogen functional groups attached to an aromatic ring is 1. The number of carbonyl (C=O) groups excluding carboxylic acids is 1. The predicted molar refractivity (Wildman–Crippen MR) is 83.3 cm³/mol. The highest BCUT2D eigenvalue weighted by molar-refractivity contribution is 7.09. The summed E-state index contributed by atoms with van der Waals surface area (Å²) in [5, 5.41) is 4.98. The average Bonchev–Trinajstić information content (AvgIpc) is 2.94. The van der Waals surface area contributed by atoms with Gasteiger partial charge in [-0.3, -0.25) is 0 Å². The molecule has 0 spiro atoms. The van der Waals surface area contributed by atoms with Crippen LogP contribution in [0.3, 0.4) is 0 Å². The van der Waals surface area contributed by atoms with Gasteiger partial charge in [-0.2, -0.15) is 0 Å². The number of esters is 1. The van der Waals surface area contributed by atoms with Gasteiger partial charge in [-0.15, -0.1) is 11.3 Å². The first-order valence-corrected chi connectivity index (χ1v) is 7.52. The van der Waals surface area contributed by atoms with Crippen LogP contribution < -0.4 is 11.1 Å². The second-order valence-corrected chi connectivity index (χ2v) is 5.43. The van der Waals surface area contributed by atoms with Crippen molar-refractivity contribution in [1.82, 2.24) is 0 Å². The topological polar surface area (TPSA) is 64.3 Å². The van der Waals surface area contributed by atoms with Crippen LogP contribution in [-0.4, -0.2) is 19.1 Å². The number of rotatable bonds is 6. The zero-order valence-corrected chi connectivity index (χ0v) is 12.5. The lowest BCUT2D eigenvalue weighted by atomic mass is 10.1. The summed E-state index contributed by atoms with van der Waals surface area (Å²) in [4.78, 5) is 13.0. The van der Waals surface area contributed by atoms with Crippen LogP contribution in [0.15, 0.2) is 29.6 Å². The van der Waals surface area contributed by atoms with Crippen LogP contribution in [0, 0.1) is 5.82 Å². The van der Waals surface area contributed by atoms with Gasteiger partial charge in [0.25, 0.3) is 0 Å². The Balaban J connectivity index is 2.07. The number of thiophene rings is 1. The molecule has 0 bridgehead atoms. The van der Waals surface area contributed by atoms with Crippen LogP contribution in [0.4, 0.5) is 15.8 Å². The first kappa shape index (κ1) is 15.3. The normalized spacial score (nSPS) is 10.4. The van der Waals surface area contributed by atoms with Crippen molar-refractivity contribution in [3.63, 3.8) is 0 Å². The summed E-state index contributed by atoms with van der Waals surface area (Å²) < 4.78 is 18.8. The molecule has 2 rings (SSSR count). The first-order chi connectivity index (χ1) is 10.1. The van der Waals surface area contributed by atoms with Gasteiger partial charge in [-0.1, -0.05) is 6.07 Å². The summed E-state index contributed by atoms with van der Waals surface area (Å²) in [6.07, 6.45) is 0.788. The molecule has 2 aromatic rings. The Morgan fingerprint density at radius 2 is 2.29 bits per heavy atom. The van der Waals surface area contributed by atoms with Crippen molar-refractivity contribution in [2.75, 3.05) is 24.2 Å². The lowest BCUT2D eigenvalue weighted by molar-refractivity contribution is 0.0527. The van der Waals surface area contributed by atoms with Gasteiger partial charge in [-0.05, 0) is 36.9 Å². The number of benzene rings is 1. The Morgan fingerprint density at radius 1 is 1.48 bits per heavy atom. The van der Waals surface area contributed by atoms with Crippen molar-refractivity contribution in [3.05, 3.63) is 45.9 Å². The van der Waals surface area contributed by atoms with Crippen LogP contribution in [0.1, 0.15) is 22.2 Å². The number of ether oxygens (including phenoxy) is 1. The van der Waals surface area contributed by atoms with E-state index in [1.807, 2.05) is 17.5 Å². The van der Waals surface area contributed by atoms with E-state index in [-0.39, 0.29) is 23.5 Å². The molecule has 112 valence electrons. The highest BCUT2D eigenvalue weighted by Gasteiger charge is 2.15. The molecule has 3 N–H and O–H groups in total. The Labute approximate surface area is 126 Å². The summed E-state index contributed by atoms with van der Waals surface area (Å²) in [6.45, 7) is 2.53. The van der Waals surface area contributed by atoms with E-state index in [2.05, 4.69) is 5.32 Å². The predicted octanol–water partition coefficient (Wildman–Crippen LogP) is 3.30.